The molecule has 0 fully saturated rings. The van der Waals surface area contributed by atoms with E-state index in [1.54, 1.807) is 12.1 Å². The van der Waals surface area contributed by atoms with Crippen LogP contribution in [0.3, 0.4) is 0 Å². The molecule has 0 spiro atoms. The average Bonchev–Trinajstić information content (AvgIpc) is 2.15. The maximum Gasteiger partial charge on any atom is 0.276 e. The van der Waals surface area contributed by atoms with Crippen molar-refractivity contribution in [1.82, 2.24) is 0 Å². The monoisotopic (exact) mass is 211 g/mol. The van der Waals surface area contributed by atoms with Gasteiger partial charge >= 0.3 is 0 Å². The van der Waals surface area contributed by atoms with Crippen LogP contribution < -0.4 is 0 Å². The predicted octanol–water partition coefficient (Wildman–Crippen LogP) is 1.79. The van der Waals surface area contributed by atoms with Crippen LogP contribution in [0.1, 0.15) is 24.0 Å². The molecule has 0 aliphatic heterocycles. The van der Waals surface area contributed by atoms with Gasteiger partial charge in [-0.15, -0.1) is 0 Å². The van der Waals surface area contributed by atoms with Gasteiger partial charge < -0.3 is 0 Å². The first kappa shape index (κ1) is 9.68. The van der Waals surface area contributed by atoms with E-state index in [1.807, 2.05) is 12.1 Å². The highest BCUT2D eigenvalue weighted by Crippen LogP contribution is 2.33. The molecule has 1 aromatic rings. The van der Waals surface area contributed by atoms with Gasteiger partial charge in [-0.2, -0.15) is 8.42 Å². The van der Waals surface area contributed by atoms with E-state index in [1.165, 1.54) is 0 Å². The lowest BCUT2D eigenvalue weighted by Gasteiger charge is -2.21. The van der Waals surface area contributed by atoms with Crippen LogP contribution in [0, 0.1) is 5.25 Å². The van der Waals surface area contributed by atoms with Crippen molar-refractivity contribution < 1.29 is 13.0 Å². The summed E-state index contributed by atoms with van der Waals surface area (Å²) in [6, 6.07) is 7.32. The van der Waals surface area contributed by atoms with Gasteiger partial charge in [-0.05, 0) is 30.4 Å². The molecule has 4 heteroatoms. The lowest BCUT2D eigenvalue weighted by Crippen LogP contribution is -2.18. The second-order valence-corrected chi connectivity index (χ2v) is 4.85. The van der Waals surface area contributed by atoms with Crippen LogP contribution >= 0.6 is 0 Å². The van der Waals surface area contributed by atoms with Crippen LogP contribution in [-0.4, -0.2) is 13.0 Å². The van der Waals surface area contributed by atoms with Gasteiger partial charge in [0.1, 0.15) is 5.25 Å². The van der Waals surface area contributed by atoms with Crippen molar-refractivity contribution in [3.8, 4) is 0 Å². The van der Waals surface area contributed by atoms with Gasteiger partial charge in [0, 0.05) is 0 Å². The summed E-state index contributed by atoms with van der Waals surface area (Å²) in [5.41, 5.74) is 1.69. The van der Waals surface area contributed by atoms with Crippen molar-refractivity contribution in [2.75, 3.05) is 0 Å². The second-order valence-electron chi connectivity index (χ2n) is 3.41. The lowest BCUT2D eigenvalue weighted by molar-refractivity contribution is 0.480. The molecular formula is C10H11O3S. The van der Waals surface area contributed by atoms with Gasteiger partial charge in [-0.1, -0.05) is 24.3 Å². The third kappa shape index (κ3) is 1.67. The number of hydrogen-bond acceptors (Lipinski definition) is 2. The summed E-state index contributed by atoms with van der Waals surface area (Å²) in [5, 5.41) is 0.166. The summed E-state index contributed by atoms with van der Waals surface area (Å²) in [5.74, 6) is 0. The summed E-state index contributed by atoms with van der Waals surface area (Å²) < 4.78 is 31.2. The summed E-state index contributed by atoms with van der Waals surface area (Å²) >= 11 is 0. The molecule has 2 rings (SSSR count). The first-order chi connectivity index (χ1) is 6.59. The van der Waals surface area contributed by atoms with Crippen LogP contribution in [-0.2, 0) is 16.5 Å². The van der Waals surface area contributed by atoms with Gasteiger partial charge in [0.2, 0.25) is 0 Å². The summed E-state index contributed by atoms with van der Waals surface area (Å²) in [4.78, 5) is 0. The molecule has 0 atom stereocenters. The quantitative estimate of drug-likeness (QED) is 0.720. The largest absolute Gasteiger partial charge is 0.285 e. The number of hydrogen-bond donors (Lipinski definition) is 1. The van der Waals surface area contributed by atoms with E-state index in [0.717, 1.165) is 18.4 Å². The molecule has 1 aliphatic rings. The fourth-order valence-corrected chi connectivity index (χ4v) is 2.73. The zero-order valence-corrected chi connectivity index (χ0v) is 8.42. The minimum atomic E-state index is -4.02. The van der Waals surface area contributed by atoms with Crippen molar-refractivity contribution >= 4 is 10.1 Å². The average molecular weight is 211 g/mol. The highest BCUT2D eigenvalue weighted by atomic mass is 32.2. The third-order valence-corrected chi connectivity index (χ3v) is 3.53. The molecule has 0 saturated heterocycles. The fraction of sp³-hybridized carbons (Fsp3) is 0.300. The zero-order valence-electron chi connectivity index (χ0n) is 7.60. The molecule has 1 radical (unpaired) electrons. The van der Waals surface area contributed by atoms with Crippen LogP contribution in [0.5, 0.6) is 0 Å². The second kappa shape index (κ2) is 3.37. The van der Waals surface area contributed by atoms with E-state index in [9.17, 15) is 8.42 Å². The Hall–Kier alpha value is -0.870. The molecule has 0 bridgehead atoms. The van der Waals surface area contributed by atoms with Crippen LogP contribution in [0.4, 0.5) is 0 Å². The molecule has 1 aliphatic carbocycles. The summed E-state index contributed by atoms with van der Waals surface area (Å²) in [6.45, 7) is 0. The van der Waals surface area contributed by atoms with Gasteiger partial charge in [0.05, 0.1) is 0 Å². The SMILES string of the molecule is O=S(=O)(O)[C]1CCCc2ccccc21. The Morgan fingerprint density at radius 1 is 1.14 bits per heavy atom. The Morgan fingerprint density at radius 3 is 2.57 bits per heavy atom. The molecule has 0 unspecified atom stereocenters. The first-order valence-corrected chi connectivity index (χ1v) is 5.94. The Labute approximate surface area is 83.5 Å². The topological polar surface area (TPSA) is 54.4 Å². The smallest absolute Gasteiger partial charge is 0.276 e. The highest BCUT2D eigenvalue weighted by Gasteiger charge is 2.30. The van der Waals surface area contributed by atoms with Gasteiger partial charge in [0.25, 0.3) is 10.1 Å². The maximum atomic E-state index is 11.1. The van der Waals surface area contributed by atoms with E-state index >= 15 is 0 Å². The Bertz CT molecular complexity index is 436. The molecule has 0 amide bonds. The normalized spacial score (nSPS) is 17.8. The van der Waals surface area contributed by atoms with Gasteiger partial charge in [-0.25, -0.2) is 0 Å². The van der Waals surface area contributed by atoms with E-state index in [-0.39, 0.29) is 5.25 Å². The molecule has 0 aromatic heterocycles. The number of rotatable bonds is 1. The summed E-state index contributed by atoms with van der Waals surface area (Å²) in [6.07, 6.45) is 2.11. The third-order valence-electron chi connectivity index (χ3n) is 2.48. The summed E-state index contributed by atoms with van der Waals surface area (Å²) in [7, 11) is -4.02. The molecule has 3 nitrogen and oxygen atoms in total. The Balaban J connectivity index is 2.51. The minimum absolute atomic E-state index is 0.166. The van der Waals surface area contributed by atoms with Crippen LogP contribution in [0.2, 0.25) is 0 Å². The van der Waals surface area contributed by atoms with Crippen molar-refractivity contribution in [2.24, 2.45) is 0 Å². The van der Waals surface area contributed by atoms with Crippen molar-refractivity contribution in [2.45, 2.75) is 19.3 Å². The van der Waals surface area contributed by atoms with E-state index in [4.69, 9.17) is 4.55 Å². The Kier molecular flexibility index (Phi) is 2.33. The fourth-order valence-electron chi connectivity index (χ4n) is 1.85. The van der Waals surface area contributed by atoms with Gasteiger partial charge in [0.15, 0.2) is 0 Å². The van der Waals surface area contributed by atoms with Crippen molar-refractivity contribution in [1.29, 1.82) is 0 Å². The van der Waals surface area contributed by atoms with E-state index < -0.39 is 10.1 Å². The number of benzene rings is 1. The first-order valence-electron chi connectivity index (χ1n) is 4.50. The lowest BCUT2D eigenvalue weighted by atomic mass is 9.91. The molecule has 1 N–H and O–H groups in total. The maximum absolute atomic E-state index is 11.1. The zero-order chi connectivity index (χ0) is 10.2. The molecule has 1 aromatic carbocycles. The number of aryl methyl sites for hydroxylation is 1. The molecular weight excluding hydrogens is 200 g/mol. The van der Waals surface area contributed by atoms with Crippen LogP contribution in [0.15, 0.2) is 24.3 Å². The van der Waals surface area contributed by atoms with E-state index in [2.05, 4.69) is 0 Å². The van der Waals surface area contributed by atoms with Crippen molar-refractivity contribution in [3.63, 3.8) is 0 Å². The number of fused-ring (bicyclic) bond motifs is 1. The predicted molar refractivity (Wildman–Crippen MR) is 53.3 cm³/mol. The Morgan fingerprint density at radius 2 is 1.86 bits per heavy atom. The molecule has 14 heavy (non-hydrogen) atoms. The van der Waals surface area contributed by atoms with Gasteiger partial charge in [-0.3, -0.25) is 4.55 Å². The minimum Gasteiger partial charge on any atom is -0.285 e. The molecule has 0 heterocycles. The highest BCUT2D eigenvalue weighted by molar-refractivity contribution is 7.89. The van der Waals surface area contributed by atoms with Crippen molar-refractivity contribution in [3.05, 3.63) is 40.6 Å². The molecule has 0 saturated carbocycles. The van der Waals surface area contributed by atoms with E-state index in [0.29, 0.717) is 12.0 Å². The van der Waals surface area contributed by atoms with Crippen LogP contribution in [0.25, 0.3) is 0 Å². The molecule has 75 valence electrons. The standard InChI is InChI=1S/C10H11O3S/c11-14(12,13)10-7-3-5-8-4-1-2-6-9(8)10/h1-2,4,6H,3,5,7H2,(H,11,12,13).